The summed E-state index contributed by atoms with van der Waals surface area (Å²) in [5, 5.41) is 1.80. The summed E-state index contributed by atoms with van der Waals surface area (Å²) in [5.41, 5.74) is 0.511. The van der Waals surface area contributed by atoms with Gasteiger partial charge < -0.3 is 9.32 Å². The van der Waals surface area contributed by atoms with Gasteiger partial charge in [-0.25, -0.2) is 4.90 Å². The molecule has 1 saturated heterocycles. The minimum atomic E-state index is -0.864. The third-order valence-corrected chi connectivity index (χ3v) is 5.27. The van der Waals surface area contributed by atoms with E-state index in [9.17, 15) is 14.4 Å². The largest absolute Gasteiger partial charge is 0.467 e. The van der Waals surface area contributed by atoms with E-state index in [0.717, 1.165) is 4.90 Å². The molecule has 0 N–H and O–H groups in total. The highest BCUT2D eigenvalue weighted by molar-refractivity contribution is 7.12. The molecule has 1 atom stereocenters. The third kappa shape index (κ3) is 3.29. The van der Waals surface area contributed by atoms with Gasteiger partial charge in [0.1, 0.15) is 11.8 Å². The molecule has 0 spiro atoms. The van der Waals surface area contributed by atoms with Gasteiger partial charge in [0.25, 0.3) is 11.8 Å². The number of hydrogen-bond donors (Lipinski definition) is 0. The van der Waals surface area contributed by atoms with E-state index >= 15 is 0 Å². The van der Waals surface area contributed by atoms with Crippen molar-refractivity contribution in [1.29, 1.82) is 0 Å². The lowest BCUT2D eigenvalue weighted by molar-refractivity contribution is -0.122. The molecule has 3 amide bonds. The molecule has 0 radical (unpaired) electrons. The van der Waals surface area contributed by atoms with Crippen molar-refractivity contribution in [2.24, 2.45) is 0 Å². The Balaban J connectivity index is 1.66. The van der Waals surface area contributed by atoms with Crippen molar-refractivity contribution in [3.05, 3.63) is 76.9 Å². The van der Waals surface area contributed by atoms with Crippen LogP contribution >= 0.6 is 11.3 Å². The number of imide groups is 1. The first-order chi connectivity index (χ1) is 13.1. The maximum atomic E-state index is 13.0. The number of furan rings is 1. The molecule has 0 saturated carbocycles. The van der Waals surface area contributed by atoms with Gasteiger partial charge in [0.15, 0.2) is 0 Å². The molecule has 4 rings (SSSR count). The average Bonchev–Trinajstić information content (AvgIpc) is 3.42. The third-order valence-electron chi connectivity index (χ3n) is 4.41. The second-order valence-electron chi connectivity index (χ2n) is 6.11. The van der Waals surface area contributed by atoms with Gasteiger partial charge in [0.05, 0.1) is 29.8 Å². The molecule has 3 aromatic rings. The minimum absolute atomic E-state index is 0.0500. The molecule has 0 bridgehead atoms. The number of thiophene rings is 1. The number of carbonyl (C=O) groups is 3. The Morgan fingerprint density at radius 1 is 1.11 bits per heavy atom. The van der Waals surface area contributed by atoms with Gasteiger partial charge in [-0.05, 0) is 35.7 Å². The van der Waals surface area contributed by atoms with Gasteiger partial charge in [0, 0.05) is 0 Å². The summed E-state index contributed by atoms with van der Waals surface area (Å²) >= 11 is 1.30. The molecule has 1 fully saturated rings. The molecule has 1 aromatic carbocycles. The number of carbonyl (C=O) groups excluding carboxylic acids is 3. The van der Waals surface area contributed by atoms with Crippen LogP contribution in [0.3, 0.4) is 0 Å². The average molecular weight is 380 g/mol. The molecule has 1 unspecified atom stereocenters. The summed E-state index contributed by atoms with van der Waals surface area (Å²) in [4.78, 5) is 41.7. The van der Waals surface area contributed by atoms with Crippen LogP contribution in [0, 0.1) is 0 Å². The maximum Gasteiger partial charge on any atom is 0.265 e. The van der Waals surface area contributed by atoms with E-state index in [-0.39, 0.29) is 24.8 Å². The molecule has 6 nitrogen and oxygen atoms in total. The van der Waals surface area contributed by atoms with Crippen LogP contribution in [0.2, 0.25) is 0 Å². The van der Waals surface area contributed by atoms with Crippen LogP contribution in [0.1, 0.15) is 21.9 Å². The van der Waals surface area contributed by atoms with E-state index in [1.807, 2.05) is 6.07 Å². The summed E-state index contributed by atoms with van der Waals surface area (Å²) in [6.45, 7) is 0.121. The second-order valence-corrected chi connectivity index (χ2v) is 7.06. The zero-order chi connectivity index (χ0) is 18.8. The Morgan fingerprint density at radius 2 is 1.93 bits per heavy atom. The Kier molecular flexibility index (Phi) is 4.60. The number of rotatable bonds is 5. The van der Waals surface area contributed by atoms with Crippen LogP contribution < -0.4 is 4.90 Å². The fourth-order valence-electron chi connectivity index (χ4n) is 3.14. The predicted octanol–water partition coefficient (Wildman–Crippen LogP) is 3.32. The van der Waals surface area contributed by atoms with Crippen LogP contribution in [0.4, 0.5) is 5.69 Å². The van der Waals surface area contributed by atoms with Crippen molar-refractivity contribution >= 4 is 34.7 Å². The fraction of sp³-hybridized carbons (Fsp3) is 0.150. The van der Waals surface area contributed by atoms with Gasteiger partial charge in [-0.3, -0.25) is 14.4 Å². The molecule has 1 aliphatic rings. The highest BCUT2D eigenvalue weighted by Gasteiger charge is 2.44. The van der Waals surface area contributed by atoms with Crippen molar-refractivity contribution in [2.45, 2.75) is 19.0 Å². The molecule has 1 aliphatic heterocycles. The van der Waals surface area contributed by atoms with Crippen molar-refractivity contribution in [3.8, 4) is 0 Å². The number of hydrogen-bond acceptors (Lipinski definition) is 5. The van der Waals surface area contributed by atoms with E-state index in [4.69, 9.17) is 4.42 Å². The SMILES string of the molecule is O=C1CC(N(Cc2ccco2)C(=O)c2cccs2)C(=O)N1c1ccccc1. The van der Waals surface area contributed by atoms with E-state index in [2.05, 4.69) is 0 Å². The Morgan fingerprint density at radius 3 is 2.59 bits per heavy atom. The van der Waals surface area contributed by atoms with E-state index in [0.29, 0.717) is 16.3 Å². The Bertz CT molecular complexity index is 951. The molecule has 0 aliphatic carbocycles. The summed E-state index contributed by atoms with van der Waals surface area (Å²) in [6.07, 6.45) is 1.46. The van der Waals surface area contributed by atoms with Gasteiger partial charge in [-0.1, -0.05) is 24.3 Å². The van der Waals surface area contributed by atoms with Crippen LogP contribution in [-0.4, -0.2) is 28.7 Å². The summed E-state index contributed by atoms with van der Waals surface area (Å²) in [7, 11) is 0. The van der Waals surface area contributed by atoms with Crippen LogP contribution in [0.25, 0.3) is 0 Å². The van der Waals surface area contributed by atoms with Gasteiger partial charge in [-0.2, -0.15) is 0 Å². The monoisotopic (exact) mass is 380 g/mol. The highest BCUT2D eigenvalue weighted by Crippen LogP contribution is 2.28. The quantitative estimate of drug-likeness (QED) is 0.637. The standard InChI is InChI=1S/C20H16N2O4S/c23-18-12-16(19(24)22(18)14-6-2-1-3-7-14)21(13-15-8-4-10-26-15)20(25)17-9-5-11-27-17/h1-11,16H,12-13H2. The van der Waals surface area contributed by atoms with Crippen molar-refractivity contribution < 1.29 is 18.8 Å². The first-order valence-electron chi connectivity index (χ1n) is 8.44. The number of para-hydroxylation sites is 1. The summed E-state index contributed by atoms with van der Waals surface area (Å²) in [6, 6.07) is 14.8. The zero-order valence-corrected chi connectivity index (χ0v) is 15.1. The number of amides is 3. The normalized spacial score (nSPS) is 16.7. The van der Waals surface area contributed by atoms with Gasteiger partial charge in [-0.15, -0.1) is 11.3 Å². The maximum absolute atomic E-state index is 13.0. The van der Waals surface area contributed by atoms with Crippen molar-refractivity contribution in [1.82, 2.24) is 4.90 Å². The van der Waals surface area contributed by atoms with E-state index in [1.54, 1.807) is 53.9 Å². The molecular formula is C20H16N2O4S. The zero-order valence-electron chi connectivity index (χ0n) is 14.3. The van der Waals surface area contributed by atoms with Crippen LogP contribution in [0.5, 0.6) is 0 Å². The lowest BCUT2D eigenvalue weighted by Gasteiger charge is -2.26. The lowest BCUT2D eigenvalue weighted by atomic mass is 10.2. The highest BCUT2D eigenvalue weighted by atomic mass is 32.1. The van der Waals surface area contributed by atoms with Crippen molar-refractivity contribution in [2.75, 3.05) is 4.90 Å². The number of nitrogens with zero attached hydrogens (tertiary/aromatic N) is 2. The smallest absolute Gasteiger partial charge is 0.265 e. The number of anilines is 1. The van der Waals surface area contributed by atoms with E-state index in [1.165, 1.54) is 22.5 Å². The molecule has 136 valence electrons. The van der Waals surface area contributed by atoms with Crippen molar-refractivity contribution in [3.63, 3.8) is 0 Å². The Labute approximate surface area is 159 Å². The Hall–Kier alpha value is -3.19. The predicted molar refractivity (Wildman–Crippen MR) is 100 cm³/mol. The van der Waals surface area contributed by atoms with Gasteiger partial charge in [0.2, 0.25) is 5.91 Å². The summed E-state index contributed by atoms with van der Waals surface area (Å²) < 4.78 is 5.36. The summed E-state index contributed by atoms with van der Waals surface area (Å²) in [5.74, 6) is -0.455. The minimum Gasteiger partial charge on any atom is -0.467 e. The van der Waals surface area contributed by atoms with Crippen LogP contribution in [0.15, 0.2) is 70.7 Å². The van der Waals surface area contributed by atoms with Gasteiger partial charge >= 0.3 is 0 Å². The van der Waals surface area contributed by atoms with Crippen LogP contribution in [-0.2, 0) is 16.1 Å². The molecule has 27 heavy (non-hydrogen) atoms. The molecular weight excluding hydrogens is 364 g/mol. The molecule has 2 aromatic heterocycles. The fourth-order valence-corrected chi connectivity index (χ4v) is 3.82. The molecule has 7 heteroatoms. The first-order valence-corrected chi connectivity index (χ1v) is 9.32. The lowest BCUT2D eigenvalue weighted by Crippen LogP contribution is -2.44. The van der Waals surface area contributed by atoms with E-state index < -0.39 is 11.9 Å². The first kappa shape index (κ1) is 17.2. The topological polar surface area (TPSA) is 70.8 Å². The molecule has 3 heterocycles. The number of benzene rings is 1. The second kappa shape index (κ2) is 7.20.